The minimum atomic E-state index is -4.55. The van der Waals surface area contributed by atoms with E-state index >= 15 is 0 Å². The number of rotatable bonds is 9. The maximum Gasteiger partial charge on any atom is 0.419 e. The first-order valence-electron chi connectivity index (χ1n) is 10.2. The number of morpholine rings is 1. The quantitative estimate of drug-likeness (QED) is 0.603. The van der Waals surface area contributed by atoms with Crippen LogP contribution in [0.15, 0.2) is 48.8 Å². The van der Waals surface area contributed by atoms with E-state index in [9.17, 15) is 18.0 Å². The van der Waals surface area contributed by atoms with E-state index in [0.29, 0.717) is 26.3 Å². The molecule has 0 unspecified atom stereocenters. The summed E-state index contributed by atoms with van der Waals surface area (Å²) in [5, 5.41) is 0. The van der Waals surface area contributed by atoms with Gasteiger partial charge in [0.1, 0.15) is 5.75 Å². The summed E-state index contributed by atoms with van der Waals surface area (Å²) in [4.78, 5) is 20.7. The van der Waals surface area contributed by atoms with Crippen LogP contribution in [0.4, 0.5) is 13.2 Å². The van der Waals surface area contributed by atoms with Crippen LogP contribution in [-0.4, -0.2) is 66.7 Å². The van der Waals surface area contributed by atoms with E-state index < -0.39 is 18.3 Å². The number of amides is 1. The molecule has 6 nitrogen and oxygen atoms in total. The third-order valence-corrected chi connectivity index (χ3v) is 5.03. The predicted octanol–water partition coefficient (Wildman–Crippen LogP) is 3.23. The van der Waals surface area contributed by atoms with E-state index in [1.807, 2.05) is 12.1 Å². The van der Waals surface area contributed by atoms with Crippen molar-refractivity contribution in [3.63, 3.8) is 0 Å². The number of para-hydroxylation sites is 1. The molecule has 0 saturated carbocycles. The Morgan fingerprint density at radius 1 is 1.13 bits per heavy atom. The van der Waals surface area contributed by atoms with Crippen LogP contribution in [0.1, 0.15) is 17.5 Å². The van der Waals surface area contributed by atoms with Crippen LogP contribution < -0.4 is 4.74 Å². The van der Waals surface area contributed by atoms with Gasteiger partial charge in [0.15, 0.2) is 6.61 Å². The molecule has 0 bridgehead atoms. The summed E-state index contributed by atoms with van der Waals surface area (Å²) in [6.45, 7) is 4.29. The second kappa shape index (κ2) is 11.1. The second-order valence-corrected chi connectivity index (χ2v) is 7.26. The van der Waals surface area contributed by atoms with Crippen molar-refractivity contribution in [2.45, 2.75) is 19.1 Å². The van der Waals surface area contributed by atoms with E-state index in [1.54, 1.807) is 17.3 Å². The Labute approximate surface area is 179 Å². The summed E-state index contributed by atoms with van der Waals surface area (Å²) in [5.41, 5.74) is 0.00113. The zero-order valence-electron chi connectivity index (χ0n) is 17.2. The molecule has 1 amide bonds. The van der Waals surface area contributed by atoms with Crippen LogP contribution in [0.25, 0.3) is 0 Å². The van der Waals surface area contributed by atoms with Gasteiger partial charge in [-0.25, -0.2) is 0 Å². The fourth-order valence-electron chi connectivity index (χ4n) is 3.37. The van der Waals surface area contributed by atoms with E-state index in [1.165, 1.54) is 18.2 Å². The minimum absolute atomic E-state index is 0.342. The van der Waals surface area contributed by atoms with Gasteiger partial charge in [-0.3, -0.25) is 14.7 Å². The predicted molar refractivity (Wildman–Crippen MR) is 108 cm³/mol. The molecule has 0 radical (unpaired) electrons. The maximum absolute atomic E-state index is 13.2. The number of alkyl halides is 3. The van der Waals surface area contributed by atoms with Crippen molar-refractivity contribution in [1.82, 2.24) is 14.8 Å². The van der Waals surface area contributed by atoms with Crippen LogP contribution in [0.5, 0.6) is 5.75 Å². The number of pyridine rings is 1. The summed E-state index contributed by atoms with van der Waals surface area (Å²) in [6, 6.07) is 8.52. The van der Waals surface area contributed by atoms with Crippen LogP contribution in [0.3, 0.4) is 0 Å². The number of aromatic nitrogens is 1. The van der Waals surface area contributed by atoms with Crippen molar-refractivity contribution in [1.29, 1.82) is 0 Å². The lowest BCUT2D eigenvalue weighted by Gasteiger charge is -2.28. The Kier molecular flexibility index (Phi) is 8.25. The molecule has 2 heterocycles. The van der Waals surface area contributed by atoms with Gasteiger partial charge in [-0.15, -0.1) is 0 Å². The highest BCUT2D eigenvalue weighted by Gasteiger charge is 2.34. The van der Waals surface area contributed by atoms with Gasteiger partial charge in [-0.05, 0) is 36.2 Å². The van der Waals surface area contributed by atoms with Crippen molar-refractivity contribution in [3.05, 3.63) is 59.9 Å². The highest BCUT2D eigenvalue weighted by Crippen LogP contribution is 2.35. The van der Waals surface area contributed by atoms with Gasteiger partial charge >= 0.3 is 6.18 Å². The van der Waals surface area contributed by atoms with Crippen molar-refractivity contribution in [3.8, 4) is 5.75 Å². The number of hydrogen-bond donors (Lipinski definition) is 0. The highest BCUT2D eigenvalue weighted by atomic mass is 19.4. The molecule has 168 valence electrons. The number of ether oxygens (including phenoxy) is 2. The topological polar surface area (TPSA) is 54.9 Å². The first kappa shape index (κ1) is 23.0. The van der Waals surface area contributed by atoms with Gasteiger partial charge in [0.25, 0.3) is 5.91 Å². The highest BCUT2D eigenvalue weighted by molar-refractivity contribution is 5.77. The lowest BCUT2D eigenvalue weighted by atomic mass is 10.2. The number of carbonyl (C=O) groups excluding carboxylic acids is 1. The molecular formula is C22H26F3N3O3. The SMILES string of the molecule is O=C(COc1ccccc1C(F)(F)F)N(CCCN1CCOCC1)Cc1ccncc1. The Morgan fingerprint density at radius 2 is 1.84 bits per heavy atom. The lowest BCUT2D eigenvalue weighted by Crippen LogP contribution is -2.40. The standard InChI is InChI=1S/C22H26F3N3O3/c23-22(24,25)19-4-1-2-5-20(19)31-17-21(29)28(16-18-6-8-26-9-7-18)11-3-10-27-12-14-30-15-13-27/h1-2,4-9H,3,10-17H2. The number of halogens is 3. The van der Waals surface area contributed by atoms with E-state index in [4.69, 9.17) is 9.47 Å². The van der Waals surface area contributed by atoms with E-state index in [2.05, 4.69) is 9.88 Å². The van der Waals surface area contributed by atoms with E-state index in [-0.39, 0.29) is 11.7 Å². The normalized spacial score (nSPS) is 14.9. The Morgan fingerprint density at radius 3 is 2.55 bits per heavy atom. The summed E-state index contributed by atoms with van der Waals surface area (Å²) < 4.78 is 50.1. The molecule has 1 aromatic carbocycles. The van der Waals surface area contributed by atoms with Gasteiger partial charge in [0.2, 0.25) is 0 Å². The molecule has 0 atom stereocenters. The molecule has 1 aliphatic rings. The molecule has 2 aromatic rings. The van der Waals surface area contributed by atoms with Crippen molar-refractivity contribution >= 4 is 5.91 Å². The number of benzene rings is 1. The Hall–Kier alpha value is -2.65. The first-order valence-corrected chi connectivity index (χ1v) is 10.2. The second-order valence-electron chi connectivity index (χ2n) is 7.26. The molecule has 0 aliphatic carbocycles. The van der Waals surface area contributed by atoms with Gasteiger partial charge in [0, 0.05) is 45.1 Å². The molecule has 1 fully saturated rings. The molecular weight excluding hydrogens is 411 g/mol. The minimum Gasteiger partial charge on any atom is -0.483 e. The van der Waals surface area contributed by atoms with Crippen molar-refractivity contribution in [2.75, 3.05) is 46.0 Å². The Balaban J connectivity index is 1.61. The fraction of sp³-hybridized carbons (Fsp3) is 0.455. The zero-order valence-corrected chi connectivity index (χ0v) is 17.2. The third-order valence-electron chi connectivity index (χ3n) is 5.03. The largest absolute Gasteiger partial charge is 0.483 e. The average molecular weight is 437 g/mol. The molecule has 1 saturated heterocycles. The molecule has 0 N–H and O–H groups in total. The third kappa shape index (κ3) is 7.22. The van der Waals surface area contributed by atoms with Crippen LogP contribution >= 0.6 is 0 Å². The maximum atomic E-state index is 13.2. The van der Waals surface area contributed by atoms with Gasteiger partial charge in [-0.1, -0.05) is 12.1 Å². The molecule has 1 aromatic heterocycles. The van der Waals surface area contributed by atoms with Crippen LogP contribution in [0.2, 0.25) is 0 Å². The zero-order chi connectivity index (χ0) is 22.1. The lowest BCUT2D eigenvalue weighted by molar-refractivity contribution is -0.141. The number of carbonyl (C=O) groups is 1. The summed E-state index contributed by atoms with van der Waals surface area (Å²) in [5.74, 6) is -0.712. The Bertz CT molecular complexity index is 827. The molecule has 9 heteroatoms. The van der Waals surface area contributed by atoms with Crippen LogP contribution in [0, 0.1) is 0 Å². The van der Waals surface area contributed by atoms with E-state index in [0.717, 1.165) is 37.7 Å². The summed E-state index contributed by atoms with van der Waals surface area (Å²) in [6.07, 6.45) is -0.520. The number of hydrogen-bond acceptors (Lipinski definition) is 5. The summed E-state index contributed by atoms with van der Waals surface area (Å²) in [7, 11) is 0. The monoisotopic (exact) mass is 437 g/mol. The fourth-order valence-corrected chi connectivity index (χ4v) is 3.37. The van der Waals surface area contributed by atoms with Crippen molar-refractivity contribution < 1.29 is 27.4 Å². The van der Waals surface area contributed by atoms with Gasteiger partial charge in [-0.2, -0.15) is 13.2 Å². The van der Waals surface area contributed by atoms with Gasteiger partial charge < -0.3 is 14.4 Å². The molecule has 1 aliphatic heterocycles. The summed E-state index contributed by atoms with van der Waals surface area (Å²) >= 11 is 0. The average Bonchev–Trinajstić information content (AvgIpc) is 2.78. The van der Waals surface area contributed by atoms with Crippen LogP contribution in [-0.2, 0) is 22.3 Å². The molecule has 31 heavy (non-hydrogen) atoms. The first-order chi connectivity index (χ1) is 14.9. The molecule has 0 spiro atoms. The molecule has 3 rings (SSSR count). The van der Waals surface area contributed by atoms with Gasteiger partial charge in [0.05, 0.1) is 18.8 Å². The smallest absolute Gasteiger partial charge is 0.419 e. The number of nitrogens with zero attached hydrogens (tertiary/aromatic N) is 3. The van der Waals surface area contributed by atoms with Crippen molar-refractivity contribution in [2.24, 2.45) is 0 Å².